The zero-order valence-electron chi connectivity index (χ0n) is 14.2. The highest BCUT2D eigenvalue weighted by molar-refractivity contribution is 6.30. The fourth-order valence-corrected chi connectivity index (χ4v) is 2.59. The average molecular weight is 365 g/mol. The molecule has 26 heavy (non-hydrogen) atoms. The zero-order valence-corrected chi connectivity index (χ0v) is 14.9. The fraction of sp³-hybridized carbons (Fsp3) is 0.0455. The van der Waals surface area contributed by atoms with E-state index < -0.39 is 5.97 Å². The van der Waals surface area contributed by atoms with E-state index in [2.05, 4.69) is 0 Å². The average Bonchev–Trinajstić information content (AvgIpc) is 2.68. The number of carbonyl (C=O) groups is 1. The largest absolute Gasteiger partial charge is 0.493 e. The Hall–Kier alpha value is -3.04. The molecule has 0 saturated heterocycles. The minimum Gasteiger partial charge on any atom is -0.493 e. The number of ether oxygens (including phenoxy) is 2. The standard InChI is InChI=1S/C22H17ClO3/c1-25-21-14-17(11-10-16-6-3-2-4-7-16)12-13-20(21)26-22(24)18-8-5-9-19(23)15-18/h2-15H,1H3/b11-10+. The molecule has 0 heterocycles. The molecule has 130 valence electrons. The molecular weight excluding hydrogens is 348 g/mol. The third kappa shape index (κ3) is 4.52. The lowest BCUT2D eigenvalue weighted by Gasteiger charge is -2.10. The van der Waals surface area contributed by atoms with Crippen LogP contribution in [0.4, 0.5) is 0 Å². The third-order valence-corrected chi connectivity index (χ3v) is 3.95. The summed E-state index contributed by atoms with van der Waals surface area (Å²) in [6.45, 7) is 0. The minimum atomic E-state index is -0.488. The summed E-state index contributed by atoms with van der Waals surface area (Å²) < 4.78 is 10.8. The summed E-state index contributed by atoms with van der Waals surface area (Å²) in [5, 5.41) is 0.479. The molecule has 0 radical (unpaired) electrons. The number of hydrogen-bond donors (Lipinski definition) is 0. The Bertz CT molecular complexity index is 933. The lowest BCUT2D eigenvalue weighted by atomic mass is 10.1. The molecule has 0 amide bonds. The van der Waals surface area contributed by atoms with E-state index in [1.165, 1.54) is 7.11 Å². The van der Waals surface area contributed by atoms with Crippen LogP contribution in [0.2, 0.25) is 5.02 Å². The van der Waals surface area contributed by atoms with E-state index in [1.807, 2.05) is 54.6 Å². The molecule has 3 rings (SSSR count). The number of methoxy groups -OCH3 is 1. The SMILES string of the molecule is COc1cc(/C=C/c2ccccc2)ccc1OC(=O)c1cccc(Cl)c1. The highest BCUT2D eigenvalue weighted by Crippen LogP contribution is 2.29. The number of benzene rings is 3. The predicted molar refractivity (Wildman–Crippen MR) is 105 cm³/mol. The maximum Gasteiger partial charge on any atom is 0.343 e. The van der Waals surface area contributed by atoms with E-state index in [0.29, 0.717) is 22.1 Å². The van der Waals surface area contributed by atoms with Crippen LogP contribution in [0, 0.1) is 0 Å². The Morgan fingerprint density at radius 3 is 2.35 bits per heavy atom. The maximum absolute atomic E-state index is 12.3. The van der Waals surface area contributed by atoms with Crippen LogP contribution in [-0.4, -0.2) is 13.1 Å². The van der Waals surface area contributed by atoms with Crippen LogP contribution in [-0.2, 0) is 0 Å². The van der Waals surface area contributed by atoms with Crippen LogP contribution in [0.3, 0.4) is 0 Å². The molecule has 0 bridgehead atoms. The van der Waals surface area contributed by atoms with Gasteiger partial charge < -0.3 is 9.47 Å². The Kier molecular flexibility index (Phi) is 5.72. The molecule has 0 aliphatic heterocycles. The van der Waals surface area contributed by atoms with Crippen LogP contribution in [0.25, 0.3) is 12.2 Å². The van der Waals surface area contributed by atoms with E-state index in [9.17, 15) is 4.79 Å². The normalized spacial score (nSPS) is 10.7. The van der Waals surface area contributed by atoms with Gasteiger partial charge in [0.05, 0.1) is 12.7 Å². The molecule has 0 saturated carbocycles. The van der Waals surface area contributed by atoms with Crippen molar-refractivity contribution in [2.75, 3.05) is 7.11 Å². The monoisotopic (exact) mass is 364 g/mol. The quantitative estimate of drug-likeness (QED) is 0.329. The summed E-state index contributed by atoms with van der Waals surface area (Å²) in [7, 11) is 1.54. The highest BCUT2D eigenvalue weighted by atomic mass is 35.5. The number of esters is 1. The molecular formula is C22H17ClO3. The molecule has 3 nitrogen and oxygen atoms in total. The Balaban J connectivity index is 1.78. The van der Waals surface area contributed by atoms with Gasteiger partial charge in [0.1, 0.15) is 0 Å². The van der Waals surface area contributed by atoms with Crippen LogP contribution in [0.1, 0.15) is 21.5 Å². The molecule has 0 atom stereocenters. The van der Waals surface area contributed by atoms with Gasteiger partial charge in [0.2, 0.25) is 0 Å². The molecule has 0 spiro atoms. The molecule has 0 unspecified atom stereocenters. The Morgan fingerprint density at radius 1 is 0.846 bits per heavy atom. The van der Waals surface area contributed by atoms with Gasteiger partial charge in [-0.05, 0) is 41.5 Å². The lowest BCUT2D eigenvalue weighted by Crippen LogP contribution is -2.09. The molecule has 0 N–H and O–H groups in total. The Labute approximate surface area is 157 Å². The van der Waals surface area contributed by atoms with Gasteiger partial charge in [0, 0.05) is 5.02 Å². The van der Waals surface area contributed by atoms with Crippen molar-refractivity contribution in [1.29, 1.82) is 0 Å². The number of carbonyl (C=O) groups excluding carboxylic acids is 1. The summed E-state index contributed by atoms with van der Waals surface area (Å²) >= 11 is 5.92. The van der Waals surface area contributed by atoms with E-state index >= 15 is 0 Å². The van der Waals surface area contributed by atoms with Crippen molar-refractivity contribution in [2.24, 2.45) is 0 Å². The third-order valence-electron chi connectivity index (χ3n) is 3.72. The van der Waals surface area contributed by atoms with Gasteiger partial charge in [-0.2, -0.15) is 0 Å². The van der Waals surface area contributed by atoms with Crippen LogP contribution in [0.15, 0.2) is 72.8 Å². The van der Waals surface area contributed by atoms with Crippen molar-refractivity contribution in [3.63, 3.8) is 0 Å². The number of hydrogen-bond acceptors (Lipinski definition) is 3. The van der Waals surface area contributed by atoms with Gasteiger partial charge in [0.15, 0.2) is 11.5 Å². The van der Waals surface area contributed by atoms with Gasteiger partial charge in [-0.3, -0.25) is 0 Å². The summed E-state index contributed by atoms with van der Waals surface area (Å²) in [6, 6.07) is 22.0. The van der Waals surface area contributed by atoms with E-state index in [1.54, 1.807) is 30.3 Å². The van der Waals surface area contributed by atoms with Gasteiger partial charge in [-0.1, -0.05) is 66.2 Å². The second-order valence-electron chi connectivity index (χ2n) is 5.55. The predicted octanol–water partition coefficient (Wildman–Crippen LogP) is 5.74. The first-order valence-corrected chi connectivity index (χ1v) is 8.42. The molecule has 3 aromatic rings. The van der Waals surface area contributed by atoms with Crippen LogP contribution < -0.4 is 9.47 Å². The van der Waals surface area contributed by atoms with Gasteiger partial charge in [-0.15, -0.1) is 0 Å². The van der Waals surface area contributed by atoms with Crippen molar-refractivity contribution in [3.8, 4) is 11.5 Å². The summed E-state index contributed by atoms with van der Waals surface area (Å²) in [5.41, 5.74) is 2.42. The van der Waals surface area contributed by atoms with E-state index in [4.69, 9.17) is 21.1 Å². The van der Waals surface area contributed by atoms with Gasteiger partial charge in [0.25, 0.3) is 0 Å². The molecule has 0 fully saturated rings. The molecule has 3 aromatic carbocycles. The van der Waals surface area contributed by atoms with Crippen molar-refractivity contribution < 1.29 is 14.3 Å². The fourth-order valence-electron chi connectivity index (χ4n) is 2.40. The van der Waals surface area contributed by atoms with Crippen LogP contribution in [0.5, 0.6) is 11.5 Å². The molecule has 0 aromatic heterocycles. The van der Waals surface area contributed by atoms with Crippen molar-refractivity contribution in [2.45, 2.75) is 0 Å². The minimum absolute atomic E-state index is 0.356. The molecule has 4 heteroatoms. The number of halogens is 1. The van der Waals surface area contributed by atoms with Gasteiger partial charge in [-0.25, -0.2) is 4.79 Å². The second kappa shape index (κ2) is 8.37. The summed E-state index contributed by atoms with van der Waals surface area (Å²) in [5.74, 6) is 0.350. The zero-order chi connectivity index (χ0) is 18.4. The lowest BCUT2D eigenvalue weighted by molar-refractivity contribution is 0.0729. The highest BCUT2D eigenvalue weighted by Gasteiger charge is 2.13. The maximum atomic E-state index is 12.3. The second-order valence-corrected chi connectivity index (χ2v) is 5.99. The number of rotatable bonds is 5. The van der Waals surface area contributed by atoms with Gasteiger partial charge >= 0.3 is 5.97 Å². The topological polar surface area (TPSA) is 35.5 Å². The molecule has 0 aliphatic rings. The summed E-state index contributed by atoms with van der Waals surface area (Å²) in [4.78, 5) is 12.3. The van der Waals surface area contributed by atoms with Crippen molar-refractivity contribution in [1.82, 2.24) is 0 Å². The first-order valence-electron chi connectivity index (χ1n) is 8.04. The van der Waals surface area contributed by atoms with E-state index in [-0.39, 0.29) is 0 Å². The van der Waals surface area contributed by atoms with Crippen molar-refractivity contribution >= 4 is 29.7 Å². The van der Waals surface area contributed by atoms with E-state index in [0.717, 1.165) is 11.1 Å². The molecule has 0 aliphatic carbocycles. The first-order chi connectivity index (χ1) is 12.7. The first kappa shape index (κ1) is 17.8. The van der Waals surface area contributed by atoms with Crippen molar-refractivity contribution in [3.05, 3.63) is 94.5 Å². The Morgan fingerprint density at radius 2 is 1.62 bits per heavy atom. The summed E-state index contributed by atoms with van der Waals surface area (Å²) in [6.07, 6.45) is 3.98. The smallest absolute Gasteiger partial charge is 0.343 e. The van der Waals surface area contributed by atoms with Crippen LogP contribution >= 0.6 is 11.6 Å².